The molecule has 200 valence electrons. The third kappa shape index (κ3) is 5.79. The SMILES string of the molecule is CC(OC(=O)Nc1ccc(-c2c(C#N)c3ccc(OCCNS(C)(=O)=O)cc3n2C2CCC2)cc1)C1CC1. The highest BCUT2D eigenvalue weighted by atomic mass is 32.2. The Hall–Kier alpha value is -3.55. The van der Waals surface area contributed by atoms with E-state index in [-0.39, 0.29) is 25.3 Å². The number of fused-ring (bicyclic) bond motifs is 1. The highest BCUT2D eigenvalue weighted by Gasteiger charge is 2.31. The van der Waals surface area contributed by atoms with Gasteiger partial charge in [0.25, 0.3) is 0 Å². The number of rotatable bonds is 10. The molecule has 2 N–H and O–H groups in total. The van der Waals surface area contributed by atoms with E-state index in [1.54, 1.807) is 6.07 Å². The highest BCUT2D eigenvalue weighted by Crippen LogP contribution is 2.43. The van der Waals surface area contributed by atoms with E-state index in [1.165, 1.54) is 0 Å². The summed E-state index contributed by atoms with van der Waals surface area (Å²) in [6, 6.07) is 15.8. The number of anilines is 1. The summed E-state index contributed by atoms with van der Waals surface area (Å²) in [5.41, 5.74) is 3.87. The number of nitrogens with one attached hydrogen (secondary N) is 2. The van der Waals surface area contributed by atoms with Crippen LogP contribution in [0.3, 0.4) is 0 Å². The Balaban J connectivity index is 1.41. The molecule has 0 spiro atoms. The molecule has 5 rings (SSSR count). The molecule has 1 atom stereocenters. The van der Waals surface area contributed by atoms with Crippen LogP contribution in [0.2, 0.25) is 0 Å². The van der Waals surface area contributed by atoms with Crippen molar-refractivity contribution in [2.75, 3.05) is 24.7 Å². The largest absolute Gasteiger partial charge is 0.492 e. The van der Waals surface area contributed by atoms with E-state index in [0.29, 0.717) is 22.9 Å². The van der Waals surface area contributed by atoms with Gasteiger partial charge in [-0.1, -0.05) is 12.1 Å². The molecule has 1 unspecified atom stereocenters. The van der Waals surface area contributed by atoms with Gasteiger partial charge in [0.1, 0.15) is 24.5 Å². The number of ether oxygens (including phenoxy) is 2. The smallest absolute Gasteiger partial charge is 0.411 e. The molecule has 0 radical (unpaired) electrons. The second-order valence-corrected chi connectivity index (χ2v) is 12.0. The first kappa shape index (κ1) is 26.1. The summed E-state index contributed by atoms with van der Waals surface area (Å²) in [5, 5.41) is 13.8. The van der Waals surface area contributed by atoms with Gasteiger partial charge >= 0.3 is 6.09 Å². The number of amides is 1. The second kappa shape index (κ2) is 10.7. The fraction of sp³-hybridized carbons (Fsp3) is 0.429. The topological polar surface area (TPSA) is 122 Å². The van der Waals surface area contributed by atoms with Crippen LogP contribution in [0.25, 0.3) is 22.2 Å². The van der Waals surface area contributed by atoms with Crippen molar-refractivity contribution in [3.05, 3.63) is 48.0 Å². The maximum absolute atomic E-state index is 12.3. The number of carbonyl (C=O) groups is 1. The van der Waals surface area contributed by atoms with Crippen molar-refractivity contribution in [1.29, 1.82) is 5.26 Å². The zero-order chi connectivity index (χ0) is 26.9. The van der Waals surface area contributed by atoms with Crippen LogP contribution in [0.5, 0.6) is 5.75 Å². The normalized spacial score (nSPS) is 16.4. The molecular formula is C28H32N4O5S. The van der Waals surface area contributed by atoms with Gasteiger partial charge in [0.05, 0.1) is 23.0 Å². The molecule has 38 heavy (non-hydrogen) atoms. The summed E-state index contributed by atoms with van der Waals surface area (Å²) < 4.78 is 38.5. The summed E-state index contributed by atoms with van der Waals surface area (Å²) in [7, 11) is -3.28. The van der Waals surface area contributed by atoms with E-state index in [2.05, 4.69) is 20.7 Å². The van der Waals surface area contributed by atoms with Gasteiger partial charge in [0.2, 0.25) is 10.0 Å². The van der Waals surface area contributed by atoms with Crippen LogP contribution >= 0.6 is 0 Å². The molecule has 2 saturated carbocycles. The lowest BCUT2D eigenvalue weighted by atomic mass is 9.92. The molecule has 0 bridgehead atoms. The van der Waals surface area contributed by atoms with Crippen LogP contribution in [0.1, 0.15) is 50.6 Å². The molecule has 2 aromatic carbocycles. The average molecular weight is 537 g/mol. The molecule has 1 amide bonds. The number of nitriles is 1. The van der Waals surface area contributed by atoms with E-state index in [9.17, 15) is 18.5 Å². The van der Waals surface area contributed by atoms with Crippen molar-refractivity contribution in [1.82, 2.24) is 9.29 Å². The summed E-state index contributed by atoms with van der Waals surface area (Å²) >= 11 is 0. The lowest BCUT2D eigenvalue weighted by Gasteiger charge is -2.30. The van der Waals surface area contributed by atoms with Crippen LogP contribution < -0.4 is 14.8 Å². The van der Waals surface area contributed by atoms with E-state index >= 15 is 0 Å². The van der Waals surface area contributed by atoms with Gasteiger partial charge in [-0.15, -0.1) is 0 Å². The fourth-order valence-electron chi connectivity index (χ4n) is 4.89. The van der Waals surface area contributed by atoms with E-state index < -0.39 is 16.1 Å². The number of hydrogen-bond donors (Lipinski definition) is 2. The molecule has 2 aliphatic rings. The van der Waals surface area contributed by atoms with Crippen molar-refractivity contribution in [3.63, 3.8) is 0 Å². The molecule has 2 fully saturated rings. The van der Waals surface area contributed by atoms with Crippen molar-refractivity contribution in [3.8, 4) is 23.1 Å². The lowest BCUT2D eigenvalue weighted by molar-refractivity contribution is 0.108. The van der Waals surface area contributed by atoms with Gasteiger partial charge in [0, 0.05) is 29.7 Å². The van der Waals surface area contributed by atoms with Crippen molar-refractivity contribution in [2.45, 2.75) is 51.2 Å². The van der Waals surface area contributed by atoms with Gasteiger partial charge < -0.3 is 14.0 Å². The first-order valence-electron chi connectivity index (χ1n) is 13.0. The van der Waals surface area contributed by atoms with Crippen molar-refractivity contribution >= 4 is 32.7 Å². The Morgan fingerprint density at radius 3 is 2.50 bits per heavy atom. The van der Waals surface area contributed by atoms with Crippen LogP contribution in [-0.2, 0) is 14.8 Å². The maximum atomic E-state index is 12.3. The molecule has 3 aromatic rings. The van der Waals surface area contributed by atoms with Crippen molar-refractivity contribution in [2.24, 2.45) is 5.92 Å². The number of benzene rings is 2. The summed E-state index contributed by atoms with van der Waals surface area (Å²) in [4.78, 5) is 12.3. The number of sulfonamides is 1. The molecule has 1 aromatic heterocycles. The zero-order valence-electron chi connectivity index (χ0n) is 21.6. The molecule has 10 heteroatoms. The van der Waals surface area contributed by atoms with Crippen LogP contribution in [-0.4, -0.2) is 44.6 Å². The molecule has 1 heterocycles. The first-order chi connectivity index (χ1) is 18.2. The minimum Gasteiger partial charge on any atom is -0.492 e. The fourth-order valence-corrected chi connectivity index (χ4v) is 5.34. The quantitative estimate of drug-likeness (QED) is 0.344. The molecule has 9 nitrogen and oxygen atoms in total. The molecule has 0 aliphatic heterocycles. The third-order valence-corrected chi connectivity index (χ3v) is 7.97. The monoisotopic (exact) mass is 536 g/mol. The van der Waals surface area contributed by atoms with Gasteiger partial charge in [0.15, 0.2) is 0 Å². The van der Waals surface area contributed by atoms with Crippen LogP contribution in [0, 0.1) is 17.2 Å². The maximum Gasteiger partial charge on any atom is 0.411 e. The average Bonchev–Trinajstić information content (AvgIpc) is 3.65. The zero-order valence-corrected chi connectivity index (χ0v) is 22.4. The van der Waals surface area contributed by atoms with E-state index in [0.717, 1.165) is 60.5 Å². The summed E-state index contributed by atoms with van der Waals surface area (Å²) in [6.45, 7) is 2.28. The van der Waals surface area contributed by atoms with E-state index in [1.807, 2.05) is 43.3 Å². The third-order valence-electron chi connectivity index (χ3n) is 7.25. The summed E-state index contributed by atoms with van der Waals surface area (Å²) in [6.07, 6.45) is 5.95. The highest BCUT2D eigenvalue weighted by molar-refractivity contribution is 7.88. The molecule has 2 aliphatic carbocycles. The van der Waals surface area contributed by atoms with E-state index in [4.69, 9.17) is 9.47 Å². The molecular weight excluding hydrogens is 504 g/mol. The predicted molar refractivity (Wildman–Crippen MR) is 146 cm³/mol. The Kier molecular flexibility index (Phi) is 7.32. The van der Waals surface area contributed by atoms with Crippen molar-refractivity contribution < 1.29 is 22.7 Å². The van der Waals surface area contributed by atoms with Gasteiger partial charge in [-0.2, -0.15) is 5.26 Å². The Bertz CT molecular complexity index is 1480. The molecule has 0 saturated heterocycles. The Morgan fingerprint density at radius 2 is 1.89 bits per heavy atom. The summed E-state index contributed by atoms with van der Waals surface area (Å²) in [5.74, 6) is 1.08. The number of nitrogens with zero attached hydrogens (tertiary/aromatic N) is 2. The van der Waals surface area contributed by atoms with Crippen LogP contribution in [0.15, 0.2) is 42.5 Å². The number of hydrogen-bond acceptors (Lipinski definition) is 6. The minimum absolute atomic E-state index is 0.0875. The number of carbonyl (C=O) groups excluding carboxylic acids is 1. The van der Waals surface area contributed by atoms with Crippen LogP contribution in [0.4, 0.5) is 10.5 Å². The Labute approximate surface area is 222 Å². The van der Waals surface area contributed by atoms with Gasteiger partial charge in [-0.25, -0.2) is 17.9 Å². The second-order valence-electron chi connectivity index (χ2n) is 10.1. The van der Waals surface area contributed by atoms with Gasteiger partial charge in [-0.05, 0) is 74.8 Å². The predicted octanol–water partition coefficient (Wildman–Crippen LogP) is 5.18. The number of aromatic nitrogens is 1. The Morgan fingerprint density at radius 1 is 1.16 bits per heavy atom. The lowest BCUT2D eigenvalue weighted by Crippen LogP contribution is -2.26. The first-order valence-corrected chi connectivity index (χ1v) is 14.9. The van der Waals surface area contributed by atoms with Gasteiger partial charge in [-0.3, -0.25) is 5.32 Å². The minimum atomic E-state index is -3.28. The standard InChI is InChI=1S/C28H32N4O5S/c1-18(19-6-7-19)37-28(33)31-21-10-8-20(9-11-21)27-25(17-29)24-13-12-23(36-15-14-30-38(2,34)35)16-26(24)32(27)22-4-3-5-22/h8-13,16,18-19,22,30H,3-7,14-15H2,1-2H3,(H,31,33).